The standard InChI is InChI=1S/C22H27N3O3/c1-16-7-6-8-19(21(16)22(27)28-2)23-15-20(26)24-17-9-11-18(12-10-17)25-13-4-3-5-14-25/h6-12,23H,3-5,13-15H2,1-2H3,(H,24,26). The van der Waals surface area contributed by atoms with Gasteiger partial charge in [0, 0.05) is 30.2 Å². The Morgan fingerprint density at radius 2 is 1.75 bits per heavy atom. The first-order valence-corrected chi connectivity index (χ1v) is 9.65. The van der Waals surface area contributed by atoms with Gasteiger partial charge in [-0.1, -0.05) is 12.1 Å². The number of piperidine rings is 1. The van der Waals surface area contributed by atoms with Gasteiger partial charge in [-0.05, 0) is 62.1 Å². The molecule has 3 rings (SSSR count). The Morgan fingerprint density at radius 1 is 1.04 bits per heavy atom. The summed E-state index contributed by atoms with van der Waals surface area (Å²) in [6.07, 6.45) is 3.77. The zero-order valence-electron chi connectivity index (χ0n) is 16.5. The summed E-state index contributed by atoms with van der Waals surface area (Å²) in [6, 6.07) is 13.4. The highest BCUT2D eigenvalue weighted by molar-refractivity contribution is 5.99. The largest absolute Gasteiger partial charge is 0.465 e. The van der Waals surface area contributed by atoms with Crippen molar-refractivity contribution in [2.24, 2.45) is 0 Å². The third kappa shape index (κ3) is 4.82. The Bertz CT molecular complexity index is 827. The number of aryl methyl sites for hydroxylation is 1. The molecule has 1 aliphatic heterocycles. The second kappa shape index (κ2) is 9.26. The fraction of sp³-hybridized carbons (Fsp3) is 0.364. The lowest BCUT2D eigenvalue weighted by molar-refractivity contribution is -0.114. The number of benzene rings is 2. The van der Waals surface area contributed by atoms with Crippen LogP contribution in [0.15, 0.2) is 42.5 Å². The van der Waals surface area contributed by atoms with Crippen LogP contribution in [0, 0.1) is 6.92 Å². The molecule has 0 unspecified atom stereocenters. The summed E-state index contributed by atoms with van der Waals surface area (Å²) in [6.45, 7) is 4.08. The Labute approximate surface area is 165 Å². The molecule has 0 atom stereocenters. The third-order valence-corrected chi connectivity index (χ3v) is 4.97. The highest BCUT2D eigenvalue weighted by Crippen LogP contribution is 2.22. The van der Waals surface area contributed by atoms with Gasteiger partial charge in [-0.15, -0.1) is 0 Å². The molecule has 2 N–H and O–H groups in total. The monoisotopic (exact) mass is 381 g/mol. The van der Waals surface area contributed by atoms with Crippen LogP contribution in [0.5, 0.6) is 0 Å². The summed E-state index contributed by atoms with van der Waals surface area (Å²) in [5.74, 6) is -0.600. The number of carbonyl (C=O) groups is 2. The van der Waals surface area contributed by atoms with Crippen LogP contribution in [-0.4, -0.2) is 38.6 Å². The molecular formula is C22H27N3O3. The molecule has 0 radical (unpaired) electrons. The molecule has 1 heterocycles. The van der Waals surface area contributed by atoms with Gasteiger partial charge in [0.25, 0.3) is 0 Å². The molecule has 1 aliphatic rings. The lowest BCUT2D eigenvalue weighted by Crippen LogP contribution is -2.29. The summed E-state index contributed by atoms with van der Waals surface area (Å²) in [4.78, 5) is 26.7. The quantitative estimate of drug-likeness (QED) is 0.745. The number of rotatable bonds is 6. The van der Waals surface area contributed by atoms with Crippen molar-refractivity contribution in [2.45, 2.75) is 26.2 Å². The van der Waals surface area contributed by atoms with E-state index in [-0.39, 0.29) is 12.5 Å². The van der Waals surface area contributed by atoms with E-state index in [9.17, 15) is 9.59 Å². The minimum absolute atomic E-state index is 0.0569. The van der Waals surface area contributed by atoms with Gasteiger partial charge >= 0.3 is 5.97 Å². The predicted molar refractivity (Wildman–Crippen MR) is 112 cm³/mol. The second-order valence-corrected chi connectivity index (χ2v) is 6.99. The predicted octanol–water partition coefficient (Wildman–Crippen LogP) is 3.82. The van der Waals surface area contributed by atoms with Crippen LogP contribution in [-0.2, 0) is 9.53 Å². The number of carbonyl (C=O) groups excluding carboxylic acids is 2. The van der Waals surface area contributed by atoms with Crippen LogP contribution in [0.4, 0.5) is 17.1 Å². The third-order valence-electron chi connectivity index (χ3n) is 4.97. The maximum Gasteiger partial charge on any atom is 0.340 e. The van der Waals surface area contributed by atoms with Crippen molar-refractivity contribution in [3.63, 3.8) is 0 Å². The van der Waals surface area contributed by atoms with Gasteiger partial charge in [0.1, 0.15) is 0 Å². The number of nitrogens with one attached hydrogen (secondary N) is 2. The Hall–Kier alpha value is -3.02. The van der Waals surface area contributed by atoms with Crippen molar-refractivity contribution in [2.75, 3.05) is 42.3 Å². The second-order valence-electron chi connectivity index (χ2n) is 6.99. The molecule has 0 aromatic heterocycles. The zero-order valence-corrected chi connectivity index (χ0v) is 16.5. The van der Waals surface area contributed by atoms with Gasteiger partial charge < -0.3 is 20.3 Å². The van der Waals surface area contributed by atoms with Crippen LogP contribution in [0.2, 0.25) is 0 Å². The number of hydrogen-bond donors (Lipinski definition) is 2. The molecule has 148 valence electrons. The molecule has 2 aromatic carbocycles. The van der Waals surface area contributed by atoms with Crippen LogP contribution in [0.3, 0.4) is 0 Å². The van der Waals surface area contributed by atoms with E-state index in [2.05, 4.69) is 15.5 Å². The number of ether oxygens (including phenoxy) is 1. The van der Waals surface area contributed by atoms with Crippen molar-refractivity contribution in [1.29, 1.82) is 0 Å². The molecule has 0 aliphatic carbocycles. The molecule has 0 spiro atoms. The van der Waals surface area contributed by atoms with Crippen molar-refractivity contribution in [3.8, 4) is 0 Å². The molecule has 2 aromatic rings. The Morgan fingerprint density at radius 3 is 2.43 bits per heavy atom. The summed E-state index contributed by atoms with van der Waals surface area (Å²) in [7, 11) is 1.35. The molecule has 1 saturated heterocycles. The van der Waals surface area contributed by atoms with E-state index in [1.54, 1.807) is 6.07 Å². The molecule has 1 fully saturated rings. The molecule has 6 nitrogen and oxygen atoms in total. The van der Waals surface area contributed by atoms with Crippen molar-refractivity contribution >= 4 is 28.9 Å². The van der Waals surface area contributed by atoms with Crippen LogP contribution in [0.1, 0.15) is 35.2 Å². The molecule has 0 bridgehead atoms. The highest BCUT2D eigenvalue weighted by atomic mass is 16.5. The van der Waals surface area contributed by atoms with E-state index in [0.29, 0.717) is 11.3 Å². The average Bonchev–Trinajstić information content (AvgIpc) is 2.73. The molecular weight excluding hydrogens is 354 g/mol. The summed E-state index contributed by atoms with van der Waals surface area (Å²) in [5.41, 5.74) is 3.78. The zero-order chi connectivity index (χ0) is 19.9. The molecule has 1 amide bonds. The van der Waals surface area contributed by atoms with Gasteiger partial charge in [-0.2, -0.15) is 0 Å². The Balaban J connectivity index is 1.58. The number of nitrogens with zero attached hydrogens (tertiary/aromatic N) is 1. The number of methoxy groups -OCH3 is 1. The first-order chi connectivity index (χ1) is 13.6. The summed E-state index contributed by atoms with van der Waals surface area (Å²) < 4.78 is 4.84. The van der Waals surface area contributed by atoms with Gasteiger partial charge in [-0.25, -0.2) is 4.79 Å². The van der Waals surface area contributed by atoms with Gasteiger partial charge in [0.05, 0.1) is 19.2 Å². The van der Waals surface area contributed by atoms with Crippen molar-refractivity contribution < 1.29 is 14.3 Å². The first kappa shape index (κ1) is 19.7. The van der Waals surface area contributed by atoms with Gasteiger partial charge in [0.15, 0.2) is 0 Å². The smallest absolute Gasteiger partial charge is 0.340 e. The first-order valence-electron chi connectivity index (χ1n) is 9.65. The lowest BCUT2D eigenvalue weighted by Gasteiger charge is -2.28. The van der Waals surface area contributed by atoms with Gasteiger partial charge in [0.2, 0.25) is 5.91 Å². The van der Waals surface area contributed by atoms with Crippen molar-refractivity contribution in [3.05, 3.63) is 53.6 Å². The number of hydrogen-bond acceptors (Lipinski definition) is 5. The van der Waals surface area contributed by atoms with E-state index >= 15 is 0 Å². The van der Waals surface area contributed by atoms with E-state index in [1.807, 2.05) is 43.3 Å². The number of anilines is 3. The van der Waals surface area contributed by atoms with Crippen LogP contribution < -0.4 is 15.5 Å². The maximum absolute atomic E-state index is 12.3. The van der Waals surface area contributed by atoms with E-state index in [4.69, 9.17) is 4.74 Å². The molecule has 6 heteroatoms. The Kier molecular flexibility index (Phi) is 6.53. The summed E-state index contributed by atoms with van der Waals surface area (Å²) >= 11 is 0. The van der Waals surface area contributed by atoms with E-state index < -0.39 is 5.97 Å². The lowest BCUT2D eigenvalue weighted by atomic mass is 10.1. The SMILES string of the molecule is COC(=O)c1c(C)cccc1NCC(=O)Nc1ccc(N2CCCCC2)cc1. The van der Waals surface area contributed by atoms with Crippen LogP contribution >= 0.6 is 0 Å². The summed E-state index contributed by atoms with van der Waals surface area (Å²) in [5, 5.41) is 5.91. The fourth-order valence-corrected chi connectivity index (χ4v) is 3.48. The minimum Gasteiger partial charge on any atom is -0.465 e. The molecule has 28 heavy (non-hydrogen) atoms. The highest BCUT2D eigenvalue weighted by Gasteiger charge is 2.15. The van der Waals surface area contributed by atoms with Crippen molar-refractivity contribution in [1.82, 2.24) is 0 Å². The van der Waals surface area contributed by atoms with Gasteiger partial charge in [-0.3, -0.25) is 4.79 Å². The maximum atomic E-state index is 12.3. The normalized spacial score (nSPS) is 13.7. The number of esters is 1. The van der Waals surface area contributed by atoms with E-state index in [1.165, 1.54) is 32.1 Å². The molecule has 0 saturated carbocycles. The van der Waals surface area contributed by atoms with Crippen LogP contribution in [0.25, 0.3) is 0 Å². The fourth-order valence-electron chi connectivity index (χ4n) is 3.48. The minimum atomic E-state index is -0.422. The average molecular weight is 381 g/mol. The van der Waals surface area contributed by atoms with E-state index in [0.717, 1.165) is 24.3 Å². The number of amides is 1. The topological polar surface area (TPSA) is 70.7 Å².